The fourth-order valence-corrected chi connectivity index (χ4v) is 2.45. The summed E-state index contributed by atoms with van der Waals surface area (Å²) in [5.74, 6) is 0.854. The molecule has 0 spiro atoms. The number of hydrogen-bond acceptors (Lipinski definition) is 4. The number of rotatable bonds is 7. The van der Waals surface area contributed by atoms with E-state index in [0.29, 0.717) is 30.3 Å². The van der Waals surface area contributed by atoms with Crippen molar-refractivity contribution in [3.63, 3.8) is 0 Å². The van der Waals surface area contributed by atoms with E-state index in [1.807, 2.05) is 60.7 Å². The van der Waals surface area contributed by atoms with Gasteiger partial charge >= 0.3 is 0 Å². The highest BCUT2D eigenvalue weighted by Crippen LogP contribution is 2.34. The minimum absolute atomic E-state index is 0.0453. The number of hydrogen-bond donors (Lipinski definition) is 2. The van der Waals surface area contributed by atoms with Crippen molar-refractivity contribution >= 4 is 0 Å². The largest absolute Gasteiger partial charge is 0.507 e. The van der Waals surface area contributed by atoms with Gasteiger partial charge < -0.3 is 19.7 Å². The molecule has 0 radical (unpaired) electrons. The molecule has 128 valence electrons. The van der Waals surface area contributed by atoms with Crippen LogP contribution in [0.4, 0.5) is 0 Å². The van der Waals surface area contributed by atoms with Crippen molar-refractivity contribution in [1.82, 2.24) is 0 Å². The van der Waals surface area contributed by atoms with E-state index in [9.17, 15) is 10.2 Å². The summed E-state index contributed by atoms with van der Waals surface area (Å²) in [7, 11) is 0. The van der Waals surface area contributed by atoms with E-state index >= 15 is 0 Å². The van der Waals surface area contributed by atoms with E-state index in [2.05, 4.69) is 0 Å². The Morgan fingerprint density at radius 3 is 1.84 bits per heavy atom. The average Bonchev–Trinajstić information content (AvgIpc) is 2.66. The lowest BCUT2D eigenvalue weighted by molar-refractivity contribution is 0.249. The van der Waals surface area contributed by atoms with Gasteiger partial charge in [0, 0.05) is 12.1 Å². The third-order valence-corrected chi connectivity index (χ3v) is 3.80. The van der Waals surface area contributed by atoms with Gasteiger partial charge in [0.15, 0.2) is 0 Å². The lowest BCUT2D eigenvalue weighted by atomic mass is 10.1. The standard InChI is InChI=1S/C21H20O4/c22-13-19-20(23)11-18(24-14-16-7-3-1-4-8-16)12-21(19)25-15-17-9-5-2-6-10-17/h1-12,22-23H,13-15H2. The van der Waals surface area contributed by atoms with E-state index in [1.165, 1.54) is 6.07 Å². The molecule has 0 unspecified atom stereocenters. The molecule has 0 atom stereocenters. The molecule has 25 heavy (non-hydrogen) atoms. The van der Waals surface area contributed by atoms with E-state index in [0.717, 1.165) is 11.1 Å². The lowest BCUT2D eigenvalue weighted by Gasteiger charge is -2.14. The monoisotopic (exact) mass is 336 g/mol. The quantitative estimate of drug-likeness (QED) is 0.683. The van der Waals surface area contributed by atoms with Gasteiger partial charge in [0.2, 0.25) is 0 Å². The summed E-state index contributed by atoms with van der Waals surface area (Å²) in [6.07, 6.45) is 0. The zero-order valence-electron chi connectivity index (χ0n) is 13.8. The summed E-state index contributed by atoms with van der Waals surface area (Å²) < 4.78 is 11.5. The molecule has 0 aliphatic heterocycles. The fraction of sp³-hybridized carbons (Fsp3) is 0.143. The van der Waals surface area contributed by atoms with Gasteiger partial charge in [0.1, 0.15) is 30.5 Å². The predicted molar refractivity (Wildman–Crippen MR) is 95.6 cm³/mol. The molecule has 3 aromatic carbocycles. The topological polar surface area (TPSA) is 58.9 Å². The minimum Gasteiger partial charge on any atom is -0.507 e. The molecule has 0 fully saturated rings. The smallest absolute Gasteiger partial charge is 0.132 e. The van der Waals surface area contributed by atoms with Crippen LogP contribution in [0, 0.1) is 0 Å². The van der Waals surface area contributed by atoms with Crippen molar-refractivity contribution in [1.29, 1.82) is 0 Å². The van der Waals surface area contributed by atoms with Crippen LogP contribution < -0.4 is 9.47 Å². The van der Waals surface area contributed by atoms with Crippen LogP contribution in [0.3, 0.4) is 0 Å². The summed E-state index contributed by atoms with van der Waals surface area (Å²) in [6.45, 7) is 0.418. The highest BCUT2D eigenvalue weighted by Gasteiger charge is 2.12. The van der Waals surface area contributed by atoms with Crippen LogP contribution >= 0.6 is 0 Å². The van der Waals surface area contributed by atoms with Gasteiger partial charge in [-0.2, -0.15) is 0 Å². The maximum Gasteiger partial charge on any atom is 0.132 e. The molecule has 4 heteroatoms. The lowest BCUT2D eigenvalue weighted by Crippen LogP contribution is -2.01. The van der Waals surface area contributed by atoms with E-state index in [4.69, 9.17) is 9.47 Å². The summed E-state index contributed by atoms with van der Waals surface area (Å²) in [5.41, 5.74) is 2.38. The molecule has 0 heterocycles. The molecule has 2 N–H and O–H groups in total. The van der Waals surface area contributed by atoms with Crippen LogP contribution in [0.1, 0.15) is 16.7 Å². The maximum atomic E-state index is 10.1. The third kappa shape index (κ3) is 4.52. The van der Waals surface area contributed by atoms with Gasteiger partial charge in [0.05, 0.1) is 12.2 Å². The van der Waals surface area contributed by atoms with Crippen LogP contribution in [0.25, 0.3) is 0 Å². The molecule has 0 amide bonds. The Kier molecular flexibility index (Phi) is 5.54. The van der Waals surface area contributed by atoms with E-state index < -0.39 is 0 Å². The van der Waals surface area contributed by atoms with Gasteiger partial charge in [0.25, 0.3) is 0 Å². The molecule has 0 aliphatic carbocycles. The molecule has 4 nitrogen and oxygen atoms in total. The van der Waals surface area contributed by atoms with Crippen molar-refractivity contribution < 1.29 is 19.7 Å². The second kappa shape index (κ2) is 8.22. The van der Waals surface area contributed by atoms with Gasteiger partial charge in [-0.1, -0.05) is 60.7 Å². The Balaban J connectivity index is 1.75. The second-order valence-corrected chi connectivity index (χ2v) is 5.63. The first-order chi connectivity index (χ1) is 12.3. The van der Waals surface area contributed by atoms with Crippen molar-refractivity contribution in [2.24, 2.45) is 0 Å². The Morgan fingerprint density at radius 1 is 0.720 bits per heavy atom. The molecule has 0 bridgehead atoms. The summed E-state index contributed by atoms with van der Waals surface area (Å²) >= 11 is 0. The normalized spacial score (nSPS) is 10.4. The maximum absolute atomic E-state index is 10.1. The average molecular weight is 336 g/mol. The number of aromatic hydroxyl groups is 1. The SMILES string of the molecule is OCc1c(O)cc(OCc2ccccc2)cc1OCc1ccccc1. The predicted octanol–water partition coefficient (Wildman–Crippen LogP) is 4.04. The highest BCUT2D eigenvalue weighted by molar-refractivity contribution is 5.49. The summed E-state index contributed by atoms with van der Waals surface area (Å²) in [5, 5.41) is 19.7. The molecule has 0 aliphatic rings. The van der Waals surface area contributed by atoms with Crippen molar-refractivity contribution in [3.05, 3.63) is 89.5 Å². The molecular weight excluding hydrogens is 316 g/mol. The molecule has 0 aromatic heterocycles. The minimum atomic E-state index is -0.311. The number of aliphatic hydroxyl groups is 1. The number of benzene rings is 3. The van der Waals surface area contributed by atoms with E-state index in [-0.39, 0.29) is 12.4 Å². The molecule has 0 saturated carbocycles. The molecule has 0 saturated heterocycles. The fourth-order valence-electron chi connectivity index (χ4n) is 2.45. The van der Waals surface area contributed by atoms with Gasteiger partial charge in [-0.25, -0.2) is 0 Å². The van der Waals surface area contributed by atoms with Crippen LogP contribution in [-0.4, -0.2) is 10.2 Å². The zero-order valence-corrected chi connectivity index (χ0v) is 13.8. The zero-order chi connectivity index (χ0) is 17.5. The first kappa shape index (κ1) is 16.9. The Hall–Kier alpha value is -2.98. The van der Waals surface area contributed by atoms with Gasteiger partial charge in [-0.05, 0) is 11.1 Å². The molecule has 3 rings (SSSR count). The van der Waals surface area contributed by atoms with Crippen LogP contribution in [0.5, 0.6) is 17.2 Å². The van der Waals surface area contributed by atoms with Crippen LogP contribution in [-0.2, 0) is 19.8 Å². The van der Waals surface area contributed by atoms with Gasteiger partial charge in [-0.15, -0.1) is 0 Å². The first-order valence-electron chi connectivity index (χ1n) is 8.06. The molecule has 3 aromatic rings. The Morgan fingerprint density at radius 2 is 1.28 bits per heavy atom. The van der Waals surface area contributed by atoms with Crippen molar-refractivity contribution in [3.8, 4) is 17.2 Å². The summed E-state index contributed by atoms with van der Waals surface area (Å²) in [6, 6.07) is 22.7. The van der Waals surface area contributed by atoms with Gasteiger partial charge in [-0.3, -0.25) is 0 Å². The number of aliphatic hydroxyl groups excluding tert-OH is 1. The highest BCUT2D eigenvalue weighted by atomic mass is 16.5. The Labute approximate surface area is 146 Å². The second-order valence-electron chi connectivity index (χ2n) is 5.63. The number of phenols is 1. The molecular formula is C21H20O4. The first-order valence-corrected chi connectivity index (χ1v) is 8.06. The van der Waals surface area contributed by atoms with E-state index in [1.54, 1.807) is 6.07 Å². The Bertz CT molecular complexity index is 801. The van der Waals surface area contributed by atoms with Crippen LogP contribution in [0.2, 0.25) is 0 Å². The van der Waals surface area contributed by atoms with Crippen molar-refractivity contribution in [2.45, 2.75) is 19.8 Å². The third-order valence-electron chi connectivity index (χ3n) is 3.80. The summed E-state index contributed by atoms with van der Waals surface area (Å²) in [4.78, 5) is 0. The van der Waals surface area contributed by atoms with Crippen LogP contribution in [0.15, 0.2) is 72.8 Å². The number of ether oxygens (including phenoxy) is 2. The van der Waals surface area contributed by atoms with Crippen molar-refractivity contribution in [2.75, 3.05) is 0 Å².